The highest BCUT2D eigenvalue weighted by Gasteiger charge is 2.60. The van der Waals surface area contributed by atoms with E-state index in [2.05, 4.69) is 30.7 Å². The third kappa shape index (κ3) is 3.54. The van der Waals surface area contributed by atoms with Crippen molar-refractivity contribution in [3.63, 3.8) is 0 Å². The highest BCUT2D eigenvalue weighted by atomic mass is 19.1. The molecule has 2 nitrogen and oxygen atoms in total. The van der Waals surface area contributed by atoms with E-state index in [1.54, 1.807) is 12.3 Å². The molecule has 4 fully saturated rings. The summed E-state index contributed by atoms with van der Waals surface area (Å²) in [5, 5.41) is 0.793. The van der Waals surface area contributed by atoms with Crippen molar-refractivity contribution >= 4 is 10.9 Å². The van der Waals surface area contributed by atoms with E-state index in [9.17, 15) is 4.39 Å². The Hall–Kier alpha value is -1.51. The fourth-order valence-electron chi connectivity index (χ4n) is 10.0. The van der Waals surface area contributed by atoms with Gasteiger partial charge in [-0.1, -0.05) is 45.7 Å². The quantitative estimate of drug-likeness (QED) is 0.456. The molecule has 0 radical (unpaired) electrons. The van der Waals surface area contributed by atoms with Gasteiger partial charge in [0.1, 0.15) is 17.2 Å². The Bertz CT molecular complexity index is 1050. The number of nitrogens with zero attached hydrogens (tertiary/aromatic N) is 2. The molecule has 1 aromatic carbocycles. The molecule has 34 heavy (non-hydrogen) atoms. The van der Waals surface area contributed by atoms with Gasteiger partial charge in [0.05, 0.1) is 0 Å². The van der Waals surface area contributed by atoms with E-state index >= 15 is 0 Å². The zero-order valence-electron chi connectivity index (χ0n) is 21.5. The van der Waals surface area contributed by atoms with Crippen LogP contribution in [0, 0.1) is 52.2 Å². The van der Waals surface area contributed by atoms with Crippen molar-refractivity contribution < 1.29 is 4.39 Å². The second kappa shape index (κ2) is 8.56. The average Bonchev–Trinajstić information content (AvgIpc) is 3.20. The van der Waals surface area contributed by atoms with Gasteiger partial charge >= 0.3 is 0 Å². The Labute approximate surface area is 205 Å². The minimum Gasteiger partial charge on any atom is -0.241 e. The minimum absolute atomic E-state index is 0.238. The van der Waals surface area contributed by atoms with E-state index in [1.165, 1.54) is 70.3 Å². The number of aromatic nitrogens is 2. The zero-order chi connectivity index (χ0) is 23.5. The topological polar surface area (TPSA) is 25.8 Å². The monoisotopic (exact) mass is 462 g/mol. The highest BCUT2D eigenvalue weighted by Crippen LogP contribution is 2.68. The smallest absolute Gasteiger partial charge is 0.149 e. The first-order chi connectivity index (χ1) is 16.4. The summed E-state index contributed by atoms with van der Waals surface area (Å²) in [7, 11) is 0. The normalized spacial score (nSPS) is 40.4. The molecule has 4 saturated carbocycles. The number of aryl methyl sites for hydroxylation is 1. The number of benzene rings is 1. The summed E-state index contributed by atoms with van der Waals surface area (Å²) in [5.41, 5.74) is 1.61. The fourth-order valence-corrected chi connectivity index (χ4v) is 10.0. The lowest BCUT2D eigenvalue weighted by atomic mass is 9.44. The average molecular weight is 463 g/mol. The molecule has 0 bridgehead atoms. The van der Waals surface area contributed by atoms with Gasteiger partial charge in [-0.25, -0.2) is 14.4 Å². The van der Waals surface area contributed by atoms with Gasteiger partial charge in [0.25, 0.3) is 0 Å². The summed E-state index contributed by atoms with van der Waals surface area (Å²) < 4.78 is 14.2. The molecule has 1 aromatic heterocycles. The summed E-state index contributed by atoms with van der Waals surface area (Å²) in [6.45, 7) is 7.84. The molecule has 6 rings (SSSR count). The van der Waals surface area contributed by atoms with Gasteiger partial charge in [-0.05, 0) is 110 Å². The first-order valence-corrected chi connectivity index (χ1v) is 14.3. The lowest BCUT2D eigenvalue weighted by molar-refractivity contribution is -0.114. The van der Waals surface area contributed by atoms with Crippen LogP contribution in [0.4, 0.5) is 4.39 Å². The Kier molecular flexibility index (Phi) is 5.77. The largest absolute Gasteiger partial charge is 0.241 e. The Morgan fingerprint density at radius 2 is 1.82 bits per heavy atom. The Morgan fingerprint density at radius 1 is 0.971 bits per heavy atom. The number of hydrogen-bond donors (Lipinski definition) is 0. The van der Waals surface area contributed by atoms with Crippen molar-refractivity contribution in [2.75, 3.05) is 0 Å². The summed E-state index contributed by atoms with van der Waals surface area (Å²) >= 11 is 0. The molecule has 184 valence electrons. The predicted octanol–water partition coefficient (Wildman–Crippen LogP) is 8.39. The van der Waals surface area contributed by atoms with Gasteiger partial charge < -0.3 is 0 Å². The molecular formula is C31H43FN2. The molecule has 4 aliphatic carbocycles. The van der Waals surface area contributed by atoms with Gasteiger partial charge in [0.15, 0.2) is 0 Å². The molecule has 0 aliphatic heterocycles. The van der Waals surface area contributed by atoms with Crippen LogP contribution in [0.15, 0.2) is 24.4 Å². The lowest BCUT2D eigenvalue weighted by Gasteiger charge is -2.61. The molecule has 7 unspecified atom stereocenters. The number of para-hydroxylation sites is 1. The second-order valence-electron chi connectivity index (χ2n) is 13.1. The molecule has 0 amide bonds. The fraction of sp³-hybridized carbons (Fsp3) is 0.742. The van der Waals surface area contributed by atoms with Gasteiger partial charge in [-0.3, -0.25) is 0 Å². The van der Waals surface area contributed by atoms with Crippen LogP contribution in [0.2, 0.25) is 0 Å². The molecule has 1 heterocycles. The van der Waals surface area contributed by atoms with Gasteiger partial charge in [0.2, 0.25) is 0 Å². The van der Waals surface area contributed by atoms with Crippen molar-refractivity contribution in [3.8, 4) is 0 Å². The SMILES string of the molecule is C[C@H](CCc1ncc2cccc(F)c2n1)C1CCC2C3CCC4CCCCC4(C)C3CCC21C. The first kappa shape index (κ1) is 22.9. The highest BCUT2D eigenvalue weighted by molar-refractivity contribution is 5.77. The van der Waals surface area contributed by atoms with Crippen LogP contribution in [0.3, 0.4) is 0 Å². The van der Waals surface area contributed by atoms with Crippen molar-refractivity contribution in [1.82, 2.24) is 9.97 Å². The lowest BCUT2D eigenvalue weighted by Crippen LogP contribution is -2.53. The van der Waals surface area contributed by atoms with Crippen molar-refractivity contribution in [2.24, 2.45) is 46.3 Å². The van der Waals surface area contributed by atoms with E-state index in [0.29, 0.717) is 22.3 Å². The van der Waals surface area contributed by atoms with Crippen molar-refractivity contribution in [3.05, 3.63) is 36.0 Å². The first-order valence-electron chi connectivity index (χ1n) is 14.3. The molecule has 2 aromatic rings. The van der Waals surface area contributed by atoms with E-state index in [-0.39, 0.29) is 5.82 Å². The minimum atomic E-state index is -0.238. The van der Waals surface area contributed by atoms with Crippen LogP contribution in [-0.4, -0.2) is 9.97 Å². The molecule has 0 N–H and O–H groups in total. The Morgan fingerprint density at radius 3 is 2.71 bits per heavy atom. The van der Waals surface area contributed by atoms with Crippen molar-refractivity contribution in [1.29, 1.82) is 0 Å². The van der Waals surface area contributed by atoms with E-state index in [0.717, 1.165) is 53.6 Å². The predicted molar refractivity (Wildman–Crippen MR) is 137 cm³/mol. The maximum Gasteiger partial charge on any atom is 0.149 e. The third-order valence-corrected chi connectivity index (χ3v) is 11.8. The number of rotatable bonds is 4. The van der Waals surface area contributed by atoms with E-state index in [1.807, 2.05) is 6.07 Å². The molecule has 0 spiro atoms. The standard InChI is InChI=1S/C31H43FN2/c1-20(10-15-28-33-19-21-7-6-9-27(32)29(21)34-28)24-13-14-25-23-12-11-22-8-4-5-17-30(22,2)26(23)16-18-31(24,25)3/h6-7,9,19-20,22-26H,4-5,8,10-18H2,1-3H3/t20-,22?,23?,24?,25?,26?,30?,31?/m1/s1. The molecule has 0 saturated heterocycles. The van der Waals surface area contributed by atoms with Gasteiger partial charge in [-0.15, -0.1) is 0 Å². The molecule has 4 aliphatic rings. The van der Waals surface area contributed by atoms with Crippen LogP contribution in [0.5, 0.6) is 0 Å². The zero-order valence-corrected chi connectivity index (χ0v) is 21.5. The van der Waals surface area contributed by atoms with Crippen LogP contribution >= 0.6 is 0 Å². The second-order valence-corrected chi connectivity index (χ2v) is 13.1. The third-order valence-electron chi connectivity index (χ3n) is 11.8. The van der Waals surface area contributed by atoms with Crippen LogP contribution in [0.25, 0.3) is 10.9 Å². The van der Waals surface area contributed by atoms with E-state index in [4.69, 9.17) is 0 Å². The van der Waals surface area contributed by atoms with E-state index < -0.39 is 0 Å². The summed E-state index contributed by atoms with van der Waals surface area (Å²) in [6.07, 6.45) is 18.5. The van der Waals surface area contributed by atoms with Crippen molar-refractivity contribution in [2.45, 2.75) is 97.8 Å². The summed E-state index contributed by atoms with van der Waals surface area (Å²) in [6, 6.07) is 5.12. The number of fused-ring (bicyclic) bond motifs is 6. The van der Waals surface area contributed by atoms with Gasteiger partial charge in [-0.2, -0.15) is 0 Å². The van der Waals surface area contributed by atoms with Crippen LogP contribution in [0.1, 0.15) is 97.2 Å². The Balaban J connectivity index is 1.16. The van der Waals surface area contributed by atoms with Crippen LogP contribution in [-0.2, 0) is 6.42 Å². The van der Waals surface area contributed by atoms with Crippen LogP contribution < -0.4 is 0 Å². The molecule has 3 heteroatoms. The number of halogens is 1. The van der Waals surface area contributed by atoms with Gasteiger partial charge in [0, 0.05) is 18.0 Å². The number of hydrogen-bond acceptors (Lipinski definition) is 2. The molecular weight excluding hydrogens is 419 g/mol. The molecule has 8 atom stereocenters. The summed E-state index contributed by atoms with van der Waals surface area (Å²) in [4.78, 5) is 9.15. The maximum absolute atomic E-state index is 14.2. The summed E-state index contributed by atoms with van der Waals surface area (Å²) in [5.74, 6) is 5.95. The maximum atomic E-state index is 14.2.